The minimum absolute atomic E-state index is 0.665. The molecule has 1 aliphatic rings. The highest BCUT2D eigenvalue weighted by Crippen LogP contribution is 2.14. The Morgan fingerprint density at radius 2 is 2.14 bits per heavy atom. The fourth-order valence-electron chi connectivity index (χ4n) is 3.38. The molecule has 8 heteroatoms. The first-order chi connectivity index (χ1) is 14.4. The molecule has 2 aromatic heterocycles. The monoisotopic (exact) mass is 402 g/mol. The molecule has 3 rings (SSSR count). The first-order valence-electron chi connectivity index (χ1n) is 10.8. The first-order valence-corrected chi connectivity index (χ1v) is 10.8. The van der Waals surface area contributed by atoms with Gasteiger partial charge in [-0.05, 0) is 50.7 Å². The van der Waals surface area contributed by atoms with Crippen molar-refractivity contribution in [3.05, 3.63) is 30.2 Å². The van der Waals surface area contributed by atoms with Crippen LogP contribution in [0, 0.1) is 5.92 Å². The van der Waals surface area contributed by atoms with Gasteiger partial charge < -0.3 is 20.1 Å². The third kappa shape index (κ3) is 7.29. The van der Waals surface area contributed by atoms with E-state index in [0.717, 1.165) is 95.6 Å². The van der Waals surface area contributed by atoms with Gasteiger partial charge in [-0.15, -0.1) is 10.2 Å². The van der Waals surface area contributed by atoms with Crippen molar-refractivity contribution in [1.82, 2.24) is 25.2 Å². The number of aromatic nitrogens is 3. The van der Waals surface area contributed by atoms with E-state index in [1.165, 1.54) is 0 Å². The number of guanidine groups is 1. The van der Waals surface area contributed by atoms with Gasteiger partial charge in [-0.1, -0.05) is 6.07 Å². The van der Waals surface area contributed by atoms with Gasteiger partial charge in [-0.25, -0.2) is 0 Å². The van der Waals surface area contributed by atoms with E-state index < -0.39 is 0 Å². The minimum atomic E-state index is 0.665. The number of hydrogen-bond acceptors (Lipinski definition) is 5. The number of hydrogen-bond donors (Lipinski definition) is 2. The lowest BCUT2D eigenvalue weighted by Gasteiger charge is -2.21. The number of nitrogens with one attached hydrogen (secondary N) is 2. The number of aliphatic imine (C=N–C) groups is 1. The molecule has 0 radical (unpaired) electrons. The fourth-order valence-corrected chi connectivity index (χ4v) is 3.38. The Labute approximate surface area is 173 Å². The zero-order valence-electron chi connectivity index (χ0n) is 17.5. The average molecular weight is 403 g/mol. The van der Waals surface area contributed by atoms with E-state index in [-0.39, 0.29) is 0 Å². The Balaban J connectivity index is 1.30. The molecule has 3 heterocycles. The normalized spacial score (nSPS) is 15.7. The van der Waals surface area contributed by atoms with Crippen LogP contribution in [-0.2, 0) is 15.9 Å². The van der Waals surface area contributed by atoms with Crippen molar-refractivity contribution < 1.29 is 9.47 Å². The zero-order chi connectivity index (χ0) is 20.2. The summed E-state index contributed by atoms with van der Waals surface area (Å²) in [6.07, 6.45) is 7.01. The van der Waals surface area contributed by atoms with Crippen molar-refractivity contribution in [2.75, 3.05) is 46.1 Å². The Kier molecular flexibility index (Phi) is 9.19. The van der Waals surface area contributed by atoms with Crippen LogP contribution in [0.4, 0.5) is 0 Å². The average Bonchev–Trinajstić information content (AvgIpc) is 3.17. The summed E-state index contributed by atoms with van der Waals surface area (Å²) in [6, 6.07) is 5.94. The van der Waals surface area contributed by atoms with E-state index in [4.69, 9.17) is 9.47 Å². The van der Waals surface area contributed by atoms with Crippen molar-refractivity contribution in [3.63, 3.8) is 0 Å². The van der Waals surface area contributed by atoms with Crippen LogP contribution in [0.15, 0.2) is 29.4 Å². The summed E-state index contributed by atoms with van der Waals surface area (Å²) >= 11 is 0. The van der Waals surface area contributed by atoms with Gasteiger partial charge in [-0.3, -0.25) is 9.39 Å². The van der Waals surface area contributed by atoms with Crippen molar-refractivity contribution in [1.29, 1.82) is 0 Å². The molecule has 2 aromatic rings. The van der Waals surface area contributed by atoms with E-state index in [0.29, 0.717) is 5.92 Å². The Morgan fingerprint density at radius 3 is 3.00 bits per heavy atom. The Bertz CT molecular complexity index is 742. The number of fused-ring (bicyclic) bond motifs is 1. The second kappa shape index (κ2) is 12.4. The summed E-state index contributed by atoms with van der Waals surface area (Å²) in [5.74, 6) is 2.51. The maximum Gasteiger partial charge on any atom is 0.191 e. The largest absolute Gasteiger partial charge is 0.381 e. The van der Waals surface area contributed by atoms with Gasteiger partial charge in [0, 0.05) is 58.7 Å². The number of nitrogens with zero attached hydrogens (tertiary/aromatic N) is 4. The van der Waals surface area contributed by atoms with E-state index in [2.05, 4.69) is 32.7 Å². The van der Waals surface area contributed by atoms with E-state index in [1.54, 1.807) is 0 Å². The SMILES string of the molecule is CCNC(=NCCCc1nnc2ccccn12)NCCCOCC1CCOCC1. The third-order valence-corrected chi connectivity index (χ3v) is 5.01. The highest BCUT2D eigenvalue weighted by molar-refractivity contribution is 5.79. The maximum atomic E-state index is 5.82. The van der Waals surface area contributed by atoms with Crippen LogP contribution >= 0.6 is 0 Å². The highest BCUT2D eigenvalue weighted by atomic mass is 16.5. The molecule has 1 aliphatic heterocycles. The third-order valence-electron chi connectivity index (χ3n) is 5.01. The summed E-state index contributed by atoms with van der Waals surface area (Å²) in [4.78, 5) is 4.67. The molecule has 8 nitrogen and oxygen atoms in total. The summed E-state index contributed by atoms with van der Waals surface area (Å²) in [7, 11) is 0. The lowest BCUT2D eigenvalue weighted by Crippen LogP contribution is -2.38. The van der Waals surface area contributed by atoms with Gasteiger partial charge in [0.05, 0.1) is 0 Å². The Hall–Kier alpha value is -2.19. The van der Waals surface area contributed by atoms with Gasteiger partial charge >= 0.3 is 0 Å². The van der Waals surface area contributed by atoms with E-state index in [1.807, 2.05) is 28.8 Å². The molecule has 0 amide bonds. The maximum absolute atomic E-state index is 5.82. The summed E-state index contributed by atoms with van der Waals surface area (Å²) in [5, 5.41) is 15.2. The molecule has 0 atom stereocenters. The summed E-state index contributed by atoms with van der Waals surface area (Å²) < 4.78 is 13.2. The van der Waals surface area contributed by atoms with Gasteiger partial charge in [-0.2, -0.15) is 0 Å². The topological polar surface area (TPSA) is 85.1 Å². The lowest BCUT2D eigenvalue weighted by molar-refractivity contribution is 0.0203. The van der Waals surface area contributed by atoms with Gasteiger partial charge in [0.2, 0.25) is 0 Å². The van der Waals surface area contributed by atoms with Crippen LogP contribution in [0.5, 0.6) is 0 Å². The molecule has 0 aliphatic carbocycles. The molecule has 0 unspecified atom stereocenters. The number of pyridine rings is 1. The predicted molar refractivity (Wildman–Crippen MR) is 114 cm³/mol. The fraction of sp³-hybridized carbons (Fsp3) is 0.667. The van der Waals surface area contributed by atoms with Crippen molar-refractivity contribution in [2.45, 2.75) is 39.0 Å². The van der Waals surface area contributed by atoms with Crippen LogP contribution < -0.4 is 10.6 Å². The number of aryl methyl sites for hydroxylation is 1. The molecule has 2 N–H and O–H groups in total. The summed E-state index contributed by atoms with van der Waals surface area (Å²) in [6.45, 7) is 7.93. The summed E-state index contributed by atoms with van der Waals surface area (Å²) in [5.41, 5.74) is 0.889. The van der Waals surface area contributed by atoms with Crippen LogP contribution in [0.1, 0.15) is 38.4 Å². The second-order valence-corrected chi connectivity index (χ2v) is 7.32. The van der Waals surface area contributed by atoms with Crippen LogP contribution in [-0.4, -0.2) is 66.6 Å². The molecule has 1 saturated heterocycles. The van der Waals surface area contributed by atoms with Crippen molar-refractivity contribution >= 4 is 11.6 Å². The molecular formula is C21H34N6O2. The number of ether oxygens (including phenoxy) is 2. The lowest BCUT2D eigenvalue weighted by atomic mass is 10.0. The van der Waals surface area contributed by atoms with Crippen LogP contribution in [0.3, 0.4) is 0 Å². The standard InChI is InChI=1S/C21H34N6O2/c1-2-22-21(24-12-6-14-29-17-18-9-15-28-16-10-18)23-11-5-8-20-26-25-19-7-3-4-13-27(19)20/h3-4,7,13,18H,2,5-6,8-12,14-17H2,1H3,(H2,22,23,24). The van der Waals surface area contributed by atoms with Crippen molar-refractivity contribution in [3.8, 4) is 0 Å². The van der Waals surface area contributed by atoms with Gasteiger partial charge in [0.1, 0.15) is 5.82 Å². The first kappa shape index (κ1) is 21.5. The second-order valence-electron chi connectivity index (χ2n) is 7.32. The van der Waals surface area contributed by atoms with Crippen LogP contribution in [0.25, 0.3) is 5.65 Å². The molecule has 0 spiro atoms. The zero-order valence-corrected chi connectivity index (χ0v) is 17.5. The molecule has 0 saturated carbocycles. The predicted octanol–water partition coefficient (Wildman–Crippen LogP) is 2.05. The van der Waals surface area contributed by atoms with Gasteiger partial charge in [0.25, 0.3) is 0 Å². The minimum Gasteiger partial charge on any atom is -0.381 e. The molecule has 0 bridgehead atoms. The molecular weight excluding hydrogens is 368 g/mol. The molecule has 1 fully saturated rings. The molecule has 29 heavy (non-hydrogen) atoms. The highest BCUT2D eigenvalue weighted by Gasteiger charge is 2.13. The van der Waals surface area contributed by atoms with Crippen molar-refractivity contribution in [2.24, 2.45) is 10.9 Å². The van der Waals surface area contributed by atoms with E-state index in [9.17, 15) is 0 Å². The quantitative estimate of drug-likeness (QED) is 0.340. The van der Waals surface area contributed by atoms with E-state index >= 15 is 0 Å². The smallest absolute Gasteiger partial charge is 0.191 e. The Morgan fingerprint density at radius 1 is 1.24 bits per heavy atom. The van der Waals surface area contributed by atoms with Gasteiger partial charge in [0.15, 0.2) is 11.6 Å². The van der Waals surface area contributed by atoms with Crippen LogP contribution in [0.2, 0.25) is 0 Å². The number of rotatable bonds is 11. The molecule has 0 aromatic carbocycles. The molecule has 160 valence electrons.